The Hall–Kier alpha value is -2.62. The Labute approximate surface area is 174 Å². The summed E-state index contributed by atoms with van der Waals surface area (Å²) in [5, 5.41) is 12.2. The smallest absolute Gasteiger partial charge is 0.122 e. The molecule has 1 atom stereocenters. The molecule has 0 saturated heterocycles. The van der Waals surface area contributed by atoms with Gasteiger partial charge in [0.15, 0.2) is 0 Å². The molecule has 0 aliphatic carbocycles. The van der Waals surface area contributed by atoms with E-state index in [9.17, 15) is 5.11 Å². The SMILES string of the molecule is CCN(CC)CC(COc1ccccc1)C(O)(c1ccccc1)c1ccccc1. The second-order valence-corrected chi connectivity index (χ2v) is 7.31. The average molecular weight is 390 g/mol. The van der Waals surface area contributed by atoms with Crippen LogP contribution in [0, 0.1) is 5.92 Å². The highest BCUT2D eigenvalue weighted by Crippen LogP contribution is 2.38. The zero-order valence-corrected chi connectivity index (χ0v) is 17.4. The van der Waals surface area contributed by atoms with E-state index in [0.717, 1.165) is 36.5 Å². The highest BCUT2D eigenvalue weighted by atomic mass is 16.5. The van der Waals surface area contributed by atoms with Crippen molar-refractivity contribution in [3.63, 3.8) is 0 Å². The lowest BCUT2D eigenvalue weighted by atomic mass is 9.76. The molecule has 0 amide bonds. The van der Waals surface area contributed by atoms with Crippen LogP contribution >= 0.6 is 0 Å². The molecule has 0 saturated carbocycles. The Kier molecular flexibility index (Phi) is 7.45. The fraction of sp³-hybridized carbons (Fsp3) is 0.308. The summed E-state index contributed by atoms with van der Waals surface area (Å²) in [6, 6.07) is 29.7. The van der Waals surface area contributed by atoms with Gasteiger partial charge in [0, 0.05) is 12.5 Å². The molecule has 0 aliphatic rings. The monoisotopic (exact) mass is 389 g/mol. The quantitative estimate of drug-likeness (QED) is 0.532. The van der Waals surface area contributed by atoms with Crippen molar-refractivity contribution in [3.05, 3.63) is 102 Å². The average Bonchev–Trinajstić information content (AvgIpc) is 2.80. The summed E-state index contributed by atoms with van der Waals surface area (Å²) in [5.74, 6) is 0.674. The topological polar surface area (TPSA) is 32.7 Å². The van der Waals surface area contributed by atoms with Gasteiger partial charge >= 0.3 is 0 Å². The number of ether oxygens (including phenoxy) is 1. The summed E-state index contributed by atoms with van der Waals surface area (Å²) in [7, 11) is 0. The Balaban J connectivity index is 2.01. The van der Waals surface area contributed by atoms with Crippen molar-refractivity contribution in [2.45, 2.75) is 19.4 Å². The van der Waals surface area contributed by atoms with Crippen molar-refractivity contribution in [3.8, 4) is 5.75 Å². The second-order valence-electron chi connectivity index (χ2n) is 7.31. The first kappa shape index (κ1) is 21.1. The standard InChI is InChI=1S/C26H31NO2/c1-3-27(4-2)20-24(21-29-25-18-12-7-13-19-25)26(28,22-14-8-5-9-15-22)23-16-10-6-11-17-23/h5-19,24,28H,3-4,20-21H2,1-2H3. The second kappa shape index (κ2) is 10.2. The maximum atomic E-state index is 12.2. The van der Waals surface area contributed by atoms with Gasteiger partial charge in [-0.2, -0.15) is 0 Å². The summed E-state index contributed by atoms with van der Waals surface area (Å²) in [5.41, 5.74) is 0.625. The molecule has 0 bridgehead atoms. The predicted molar refractivity (Wildman–Crippen MR) is 119 cm³/mol. The summed E-state index contributed by atoms with van der Waals surface area (Å²) in [6.45, 7) is 7.32. The molecule has 152 valence electrons. The van der Waals surface area contributed by atoms with Crippen molar-refractivity contribution >= 4 is 0 Å². The van der Waals surface area contributed by atoms with Crippen molar-refractivity contribution < 1.29 is 9.84 Å². The number of para-hydroxylation sites is 1. The largest absolute Gasteiger partial charge is 0.493 e. The molecule has 29 heavy (non-hydrogen) atoms. The van der Waals surface area contributed by atoms with E-state index >= 15 is 0 Å². The normalized spacial score (nSPS) is 12.7. The van der Waals surface area contributed by atoms with Crippen LogP contribution in [0.5, 0.6) is 5.75 Å². The van der Waals surface area contributed by atoms with Gasteiger partial charge in [-0.25, -0.2) is 0 Å². The molecule has 0 aromatic heterocycles. The van der Waals surface area contributed by atoms with Crippen LogP contribution in [-0.4, -0.2) is 36.2 Å². The Morgan fingerprint density at radius 2 is 1.21 bits per heavy atom. The molecule has 0 aliphatic heterocycles. The summed E-state index contributed by atoms with van der Waals surface area (Å²) >= 11 is 0. The third kappa shape index (κ3) is 5.06. The molecule has 3 nitrogen and oxygen atoms in total. The van der Waals surface area contributed by atoms with Gasteiger partial charge in [0.05, 0.1) is 6.61 Å². The van der Waals surface area contributed by atoms with Crippen molar-refractivity contribution in [2.24, 2.45) is 5.92 Å². The highest BCUT2D eigenvalue weighted by Gasteiger charge is 2.41. The molecule has 0 fully saturated rings. The Morgan fingerprint density at radius 1 is 0.759 bits per heavy atom. The molecule has 0 spiro atoms. The summed E-state index contributed by atoms with van der Waals surface area (Å²) < 4.78 is 6.16. The van der Waals surface area contributed by atoms with Crippen LogP contribution in [0.3, 0.4) is 0 Å². The highest BCUT2D eigenvalue weighted by molar-refractivity contribution is 5.37. The summed E-state index contributed by atoms with van der Waals surface area (Å²) in [6.07, 6.45) is 0. The van der Waals surface area contributed by atoms with E-state index < -0.39 is 5.60 Å². The zero-order chi connectivity index (χ0) is 20.5. The molecule has 3 aromatic rings. The van der Waals surface area contributed by atoms with Gasteiger partial charge in [-0.05, 0) is 36.3 Å². The van der Waals surface area contributed by atoms with Gasteiger partial charge in [0.2, 0.25) is 0 Å². The van der Waals surface area contributed by atoms with E-state index in [1.165, 1.54) is 0 Å². The molecule has 1 unspecified atom stereocenters. The van der Waals surface area contributed by atoms with E-state index in [1.54, 1.807) is 0 Å². The van der Waals surface area contributed by atoms with E-state index in [4.69, 9.17) is 4.74 Å². The molecule has 1 N–H and O–H groups in total. The molecule has 3 heteroatoms. The molecule has 3 aromatic carbocycles. The van der Waals surface area contributed by atoms with E-state index in [1.807, 2.05) is 91.0 Å². The van der Waals surface area contributed by atoms with Crippen molar-refractivity contribution in [2.75, 3.05) is 26.2 Å². The van der Waals surface area contributed by atoms with Crippen LogP contribution in [0.25, 0.3) is 0 Å². The number of nitrogens with zero attached hydrogens (tertiary/aromatic N) is 1. The minimum atomic E-state index is -1.15. The minimum Gasteiger partial charge on any atom is -0.493 e. The number of rotatable bonds is 10. The fourth-order valence-corrected chi connectivity index (χ4v) is 3.83. The first-order valence-electron chi connectivity index (χ1n) is 10.4. The minimum absolute atomic E-state index is 0.146. The Morgan fingerprint density at radius 3 is 1.66 bits per heavy atom. The maximum absolute atomic E-state index is 12.2. The van der Waals surface area contributed by atoms with Gasteiger partial charge in [0.1, 0.15) is 11.4 Å². The van der Waals surface area contributed by atoms with Crippen LogP contribution in [0.15, 0.2) is 91.0 Å². The van der Waals surface area contributed by atoms with Gasteiger partial charge in [-0.1, -0.05) is 92.7 Å². The lowest BCUT2D eigenvalue weighted by molar-refractivity contribution is -0.0196. The van der Waals surface area contributed by atoms with Gasteiger partial charge in [-0.15, -0.1) is 0 Å². The van der Waals surface area contributed by atoms with Crippen LogP contribution < -0.4 is 4.74 Å². The lowest BCUT2D eigenvalue weighted by Gasteiger charge is -2.39. The van der Waals surface area contributed by atoms with Gasteiger partial charge in [-0.3, -0.25) is 0 Å². The van der Waals surface area contributed by atoms with Crippen LogP contribution in [0.1, 0.15) is 25.0 Å². The maximum Gasteiger partial charge on any atom is 0.122 e. The molecule has 0 radical (unpaired) electrons. The number of hydrogen-bond donors (Lipinski definition) is 1. The predicted octanol–water partition coefficient (Wildman–Crippen LogP) is 4.96. The zero-order valence-electron chi connectivity index (χ0n) is 17.4. The van der Waals surface area contributed by atoms with Crippen molar-refractivity contribution in [1.82, 2.24) is 4.90 Å². The summed E-state index contributed by atoms with van der Waals surface area (Å²) in [4.78, 5) is 2.34. The van der Waals surface area contributed by atoms with E-state index in [2.05, 4.69) is 18.7 Å². The molecular formula is C26H31NO2. The third-order valence-electron chi connectivity index (χ3n) is 5.59. The molecule has 0 heterocycles. The number of aliphatic hydroxyl groups is 1. The Bertz CT molecular complexity index is 793. The molecular weight excluding hydrogens is 358 g/mol. The van der Waals surface area contributed by atoms with Crippen LogP contribution in [-0.2, 0) is 5.60 Å². The third-order valence-corrected chi connectivity index (χ3v) is 5.59. The van der Waals surface area contributed by atoms with Crippen molar-refractivity contribution in [1.29, 1.82) is 0 Å². The number of benzene rings is 3. The number of hydrogen-bond acceptors (Lipinski definition) is 3. The molecule has 3 rings (SSSR count). The van der Waals surface area contributed by atoms with Gasteiger partial charge in [0.25, 0.3) is 0 Å². The lowest BCUT2D eigenvalue weighted by Crippen LogP contribution is -2.46. The fourth-order valence-electron chi connectivity index (χ4n) is 3.83. The van der Waals surface area contributed by atoms with Crippen LogP contribution in [0.4, 0.5) is 0 Å². The first-order chi connectivity index (χ1) is 14.2. The van der Waals surface area contributed by atoms with Crippen LogP contribution in [0.2, 0.25) is 0 Å². The van der Waals surface area contributed by atoms with Gasteiger partial charge < -0.3 is 14.7 Å². The first-order valence-corrected chi connectivity index (χ1v) is 10.4. The van der Waals surface area contributed by atoms with E-state index in [-0.39, 0.29) is 5.92 Å². The van der Waals surface area contributed by atoms with E-state index in [0.29, 0.717) is 6.61 Å².